The molecule has 0 spiro atoms. The van der Waals surface area contributed by atoms with Gasteiger partial charge < -0.3 is 10.1 Å². The van der Waals surface area contributed by atoms with Gasteiger partial charge in [0.05, 0.1) is 17.6 Å². The van der Waals surface area contributed by atoms with Crippen molar-refractivity contribution >= 4 is 28.4 Å². The Kier molecular flexibility index (Phi) is 5.91. The Bertz CT molecular complexity index is 723. The number of nitrogens with one attached hydrogen (secondary N) is 1. The highest BCUT2D eigenvalue weighted by molar-refractivity contribution is 7.89. The van der Waals surface area contributed by atoms with Crippen LogP contribution in [-0.2, 0) is 14.8 Å². The number of benzene rings is 1. The van der Waals surface area contributed by atoms with E-state index in [2.05, 4.69) is 10.1 Å². The molecular weight excluding hydrogens is 352 g/mol. The lowest BCUT2D eigenvalue weighted by molar-refractivity contribution is 0.0600. The van der Waals surface area contributed by atoms with E-state index in [0.717, 1.165) is 19.3 Å². The minimum Gasteiger partial charge on any atom is -0.465 e. The van der Waals surface area contributed by atoms with Crippen LogP contribution in [0.5, 0.6) is 0 Å². The summed E-state index contributed by atoms with van der Waals surface area (Å²) in [5, 5.41) is 3.49. The Labute approximate surface area is 149 Å². The van der Waals surface area contributed by atoms with Gasteiger partial charge >= 0.3 is 5.97 Å². The second kappa shape index (κ2) is 7.39. The van der Waals surface area contributed by atoms with Gasteiger partial charge in [-0.25, -0.2) is 13.2 Å². The van der Waals surface area contributed by atoms with E-state index >= 15 is 0 Å². The summed E-state index contributed by atoms with van der Waals surface area (Å²) in [5.41, 5.74) is 0.927. The largest absolute Gasteiger partial charge is 0.465 e. The van der Waals surface area contributed by atoms with Crippen LogP contribution in [-0.4, -0.2) is 51.0 Å². The number of halogens is 1. The molecule has 1 aromatic rings. The summed E-state index contributed by atoms with van der Waals surface area (Å²) in [6, 6.07) is 5.26. The highest BCUT2D eigenvalue weighted by atomic mass is 35.5. The predicted molar refractivity (Wildman–Crippen MR) is 93.1 cm³/mol. The van der Waals surface area contributed by atoms with Crippen molar-refractivity contribution in [2.45, 2.75) is 43.2 Å². The van der Waals surface area contributed by atoms with Crippen molar-refractivity contribution in [1.82, 2.24) is 9.62 Å². The Morgan fingerprint density at radius 1 is 1.25 bits per heavy atom. The lowest BCUT2D eigenvalue weighted by Gasteiger charge is -2.24. The topological polar surface area (TPSA) is 75.7 Å². The van der Waals surface area contributed by atoms with Gasteiger partial charge in [0.2, 0.25) is 10.0 Å². The average molecular weight is 375 g/mol. The van der Waals surface area contributed by atoms with Gasteiger partial charge in [0, 0.05) is 25.2 Å². The first-order valence-electron chi connectivity index (χ1n) is 7.87. The number of carbonyl (C=O) groups is 1. The van der Waals surface area contributed by atoms with Crippen LogP contribution in [0.3, 0.4) is 0 Å². The molecule has 6 nitrogen and oxygen atoms in total. The van der Waals surface area contributed by atoms with Gasteiger partial charge in [0.15, 0.2) is 0 Å². The van der Waals surface area contributed by atoms with Crippen molar-refractivity contribution < 1.29 is 17.9 Å². The zero-order valence-electron chi connectivity index (χ0n) is 13.8. The summed E-state index contributed by atoms with van der Waals surface area (Å²) in [4.78, 5) is 11.8. The van der Waals surface area contributed by atoms with E-state index in [-0.39, 0.29) is 23.3 Å². The standard InChI is InChI=1S/C16H22N2O4S.ClH/c1-11-9-12(16(19)22-2)3-6-15(11)23(20,21)18-8-7-13-4-5-14(10-18)17-13;/h3,6,9,13-14,17H,4-5,7-8,10H2,1-2H3;1H. The second-order valence-electron chi connectivity index (χ2n) is 6.26. The van der Waals surface area contributed by atoms with E-state index in [0.29, 0.717) is 30.3 Å². The Morgan fingerprint density at radius 3 is 2.62 bits per heavy atom. The van der Waals surface area contributed by atoms with E-state index in [1.165, 1.54) is 19.2 Å². The Hall–Kier alpha value is -1.15. The predicted octanol–water partition coefficient (Wildman–Crippen LogP) is 1.72. The van der Waals surface area contributed by atoms with Gasteiger partial charge in [-0.15, -0.1) is 12.4 Å². The number of nitrogens with zero attached hydrogens (tertiary/aromatic N) is 1. The quantitative estimate of drug-likeness (QED) is 0.815. The average Bonchev–Trinajstić information content (AvgIpc) is 2.84. The molecule has 1 N–H and O–H groups in total. The Balaban J connectivity index is 0.00000208. The van der Waals surface area contributed by atoms with Gasteiger partial charge in [-0.2, -0.15) is 4.31 Å². The number of esters is 1. The molecule has 0 radical (unpaired) electrons. The van der Waals surface area contributed by atoms with Crippen LogP contribution in [0.4, 0.5) is 0 Å². The van der Waals surface area contributed by atoms with Gasteiger partial charge in [-0.1, -0.05) is 0 Å². The normalized spacial score (nSPS) is 24.1. The highest BCUT2D eigenvalue weighted by Gasteiger charge is 2.35. The van der Waals surface area contributed by atoms with Gasteiger partial charge in [0.25, 0.3) is 0 Å². The van der Waals surface area contributed by atoms with Crippen LogP contribution in [0, 0.1) is 6.92 Å². The SMILES string of the molecule is COC(=O)c1ccc(S(=O)(=O)N2CCC3CCC(C2)N3)c(C)c1.Cl. The summed E-state index contributed by atoms with van der Waals surface area (Å²) >= 11 is 0. The smallest absolute Gasteiger partial charge is 0.337 e. The van der Waals surface area contributed by atoms with Crippen LogP contribution in [0.2, 0.25) is 0 Å². The third kappa shape index (κ3) is 3.59. The fraction of sp³-hybridized carbons (Fsp3) is 0.562. The maximum atomic E-state index is 13.0. The molecule has 8 heteroatoms. The maximum Gasteiger partial charge on any atom is 0.337 e. The number of hydrogen-bond donors (Lipinski definition) is 1. The van der Waals surface area contributed by atoms with Crippen molar-refractivity contribution in [1.29, 1.82) is 0 Å². The van der Waals surface area contributed by atoms with Crippen LogP contribution < -0.4 is 5.32 Å². The molecule has 2 aliphatic heterocycles. The molecule has 3 rings (SSSR count). The monoisotopic (exact) mass is 374 g/mol. The molecule has 2 saturated heterocycles. The first kappa shape index (κ1) is 19.2. The van der Waals surface area contributed by atoms with Crippen LogP contribution in [0.15, 0.2) is 23.1 Å². The number of fused-ring (bicyclic) bond motifs is 2. The summed E-state index contributed by atoms with van der Waals surface area (Å²) in [7, 11) is -2.24. The molecule has 2 atom stereocenters. The third-order valence-corrected chi connectivity index (χ3v) is 6.73. The molecule has 2 fully saturated rings. The highest BCUT2D eigenvalue weighted by Crippen LogP contribution is 2.27. The number of hydrogen-bond acceptors (Lipinski definition) is 5. The zero-order chi connectivity index (χ0) is 16.6. The number of carbonyl (C=O) groups excluding carboxylic acids is 1. The van der Waals surface area contributed by atoms with Gasteiger partial charge in [-0.3, -0.25) is 0 Å². The van der Waals surface area contributed by atoms with E-state index < -0.39 is 16.0 Å². The molecule has 1 aromatic carbocycles. The molecule has 2 unspecified atom stereocenters. The molecule has 2 heterocycles. The fourth-order valence-corrected chi connectivity index (χ4v) is 5.16. The van der Waals surface area contributed by atoms with Crippen molar-refractivity contribution in [3.05, 3.63) is 29.3 Å². The van der Waals surface area contributed by atoms with Gasteiger partial charge in [0.1, 0.15) is 0 Å². The number of sulfonamides is 1. The third-order valence-electron chi connectivity index (χ3n) is 4.70. The number of methoxy groups -OCH3 is 1. The summed E-state index contributed by atoms with van der Waals surface area (Å²) in [6.07, 6.45) is 3.00. The summed E-state index contributed by atoms with van der Waals surface area (Å²) < 4.78 is 32.2. The zero-order valence-corrected chi connectivity index (χ0v) is 15.5. The number of ether oxygens (including phenoxy) is 1. The first-order chi connectivity index (χ1) is 10.9. The molecular formula is C16H23ClN2O4S. The minimum absolute atomic E-state index is 0. The van der Waals surface area contributed by atoms with Crippen molar-refractivity contribution in [2.75, 3.05) is 20.2 Å². The molecule has 2 bridgehead atoms. The second-order valence-corrected chi connectivity index (χ2v) is 8.17. The lowest BCUT2D eigenvalue weighted by Crippen LogP contribution is -2.39. The first-order valence-corrected chi connectivity index (χ1v) is 9.31. The van der Waals surface area contributed by atoms with Crippen LogP contribution in [0.25, 0.3) is 0 Å². The lowest BCUT2D eigenvalue weighted by atomic mass is 10.1. The van der Waals surface area contributed by atoms with E-state index in [1.54, 1.807) is 17.3 Å². The van der Waals surface area contributed by atoms with E-state index in [4.69, 9.17) is 0 Å². The van der Waals surface area contributed by atoms with Crippen molar-refractivity contribution in [3.63, 3.8) is 0 Å². The number of aryl methyl sites for hydroxylation is 1. The van der Waals surface area contributed by atoms with Crippen molar-refractivity contribution in [3.8, 4) is 0 Å². The minimum atomic E-state index is -3.55. The van der Waals surface area contributed by atoms with E-state index in [9.17, 15) is 13.2 Å². The summed E-state index contributed by atoms with van der Waals surface area (Å²) in [6.45, 7) is 2.76. The molecule has 0 saturated carbocycles. The fourth-order valence-electron chi connectivity index (χ4n) is 3.45. The molecule has 0 aliphatic carbocycles. The van der Waals surface area contributed by atoms with E-state index in [1.807, 2.05) is 0 Å². The molecule has 0 amide bonds. The number of rotatable bonds is 3. The van der Waals surface area contributed by atoms with Crippen molar-refractivity contribution in [2.24, 2.45) is 0 Å². The molecule has 24 heavy (non-hydrogen) atoms. The summed E-state index contributed by atoms with van der Waals surface area (Å²) in [5.74, 6) is -0.465. The maximum absolute atomic E-state index is 13.0. The van der Waals surface area contributed by atoms with Crippen LogP contribution >= 0.6 is 12.4 Å². The molecule has 134 valence electrons. The molecule has 2 aliphatic rings. The van der Waals surface area contributed by atoms with Gasteiger partial charge in [-0.05, 0) is 49.9 Å². The Morgan fingerprint density at radius 2 is 1.96 bits per heavy atom. The van der Waals surface area contributed by atoms with Crippen LogP contribution in [0.1, 0.15) is 35.2 Å². The molecule has 0 aromatic heterocycles.